The topological polar surface area (TPSA) is 99.5 Å². The zero-order chi connectivity index (χ0) is 44.8. The Labute approximate surface area is 387 Å². The van der Waals surface area contributed by atoms with Gasteiger partial charge in [0, 0.05) is 43.4 Å². The van der Waals surface area contributed by atoms with Crippen molar-refractivity contribution >= 4 is 29.6 Å². The molecule has 0 aliphatic carbocycles. The number of rotatable bonds is 48. The molecule has 0 spiro atoms. The van der Waals surface area contributed by atoms with E-state index in [1.54, 1.807) is 24.3 Å². The van der Waals surface area contributed by atoms with Crippen LogP contribution in [0.1, 0.15) is 258 Å². The molecule has 0 bridgehead atoms. The first-order chi connectivity index (χ1) is 30.5. The monoisotopic (exact) mass is 890 g/mol. The summed E-state index contributed by atoms with van der Waals surface area (Å²) in [5.41, 5.74) is 0. The summed E-state index contributed by atoms with van der Waals surface area (Å²) >= 11 is 1.55. The van der Waals surface area contributed by atoms with Gasteiger partial charge in [0.05, 0.1) is 25.3 Å². The summed E-state index contributed by atoms with van der Waals surface area (Å²) in [6.45, 7) is 8.56. The summed E-state index contributed by atoms with van der Waals surface area (Å²) < 4.78 is 13.8. The molecule has 0 saturated heterocycles. The average Bonchev–Trinajstić information content (AvgIpc) is 3.80. The number of thioether (sulfide) groups is 1. The third kappa shape index (κ3) is 38.4. The number of amides is 1. The minimum Gasteiger partial charge on any atom is -0.466 e. The quantitative estimate of drug-likeness (QED) is 0.0514. The fourth-order valence-electron chi connectivity index (χ4n) is 8.24. The number of hydrogen-bond acceptors (Lipinski definition) is 7. The summed E-state index contributed by atoms with van der Waals surface area (Å²) in [6, 6.07) is 0. The third-order valence-electron chi connectivity index (χ3n) is 12.3. The van der Waals surface area contributed by atoms with Gasteiger partial charge in [0.15, 0.2) is 0 Å². The molecule has 1 heterocycles. The molecule has 1 atom stereocenters. The molecule has 9 heteroatoms. The van der Waals surface area contributed by atoms with Gasteiger partial charge >= 0.3 is 11.9 Å². The summed E-state index contributed by atoms with van der Waals surface area (Å²) in [4.78, 5) is 43.4. The maximum atomic E-state index is 13.7. The van der Waals surface area contributed by atoms with Crippen LogP contribution in [-0.4, -0.2) is 58.2 Å². The van der Waals surface area contributed by atoms with Crippen molar-refractivity contribution < 1.29 is 23.9 Å². The highest BCUT2D eigenvalue weighted by Crippen LogP contribution is 2.22. The highest BCUT2D eigenvalue weighted by Gasteiger charge is 2.26. The fourth-order valence-corrected chi connectivity index (χ4v) is 9.25. The van der Waals surface area contributed by atoms with Crippen LogP contribution in [-0.2, 0) is 30.4 Å². The molecular formula is C53H99N3O5S. The van der Waals surface area contributed by atoms with Crippen molar-refractivity contribution in [2.24, 2.45) is 5.92 Å². The third-order valence-corrected chi connectivity index (χ3v) is 13.4. The van der Waals surface area contributed by atoms with E-state index in [9.17, 15) is 14.4 Å². The largest absolute Gasteiger partial charge is 0.466 e. The van der Waals surface area contributed by atoms with E-state index in [0.29, 0.717) is 31.1 Å². The van der Waals surface area contributed by atoms with Crippen LogP contribution in [0.3, 0.4) is 0 Å². The van der Waals surface area contributed by atoms with E-state index in [0.717, 1.165) is 51.5 Å². The number of ether oxygens (including phenoxy) is 2. The molecule has 1 N–H and O–H groups in total. The minimum absolute atomic E-state index is 0.0988. The second-order valence-electron chi connectivity index (χ2n) is 18.3. The van der Waals surface area contributed by atoms with Crippen molar-refractivity contribution in [3.05, 3.63) is 18.7 Å². The second-order valence-corrected chi connectivity index (χ2v) is 19.5. The Morgan fingerprint density at radius 2 is 1.05 bits per heavy atom. The minimum atomic E-state index is -0.546. The Kier molecular flexibility index (Phi) is 42.6. The molecule has 0 fully saturated rings. The van der Waals surface area contributed by atoms with Gasteiger partial charge in [-0.25, -0.2) is 4.98 Å². The number of nitrogens with zero attached hydrogens (tertiary/aromatic N) is 2. The van der Waals surface area contributed by atoms with E-state index in [1.807, 2.05) is 10.8 Å². The molecule has 8 nitrogen and oxygen atoms in total. The Morgan fingerprint density at radius 3 is 1.50 bits per heavy atom. The van der Waals surface area contributed by atoms with E-state index < -0.39 is 5.92 Å². The number of imidazole rings is 1. The van der Waals surface area contributed by atoms with Crippen molar-refractivity contribution in [2.75, 3.05) is 24.7 Å². The number of carbonyl (C=O) groups excluding carboxylic acids is 3. The SMILES string of the molecule is CCCCCCCCCCCCCCCCCCCCCCOC(=O)CCSCC(CC(=O)NCCCn1ccnc1)C(=O)OC(CCCCCCCC)CCCCCCCC. The normalized spacial score (nSPS) is 11.9. The predicted molar refractivity (Wildman–Crippen MR) is 265 cm³/mol. The summed E-state index contributed by atoms with van der Waals surface area (Å²) in [5, 5.41) is 3.01. The van der Waals surface area contributed by atoms with Gasteiger partial charge in [-0.2, -0.15) is 11.8 Å². The smallest absolute Gasteiger partial charge is 0.310 e. The van der Waals surface area contributed by atoms with Crippen molar-refractivity contribution in [1.82, 2.24) is 14.9 Å². The maximum absolute atomic E-state index is 13.7. The lowest BCUT2D eigenvalue weighted by atomic mass is 10.0. The van der Waals surface area contributed by atoms with Crippen molar-refractivity contribution in [2.45, 2.75) is 271 Å². The summed E-state index contributed by atoms with van der Waals surface area (Å²) in [7, 11) is 0. The first-order valence-corrected chi connectivity index (χ1v) is 27.8. The number of carbonyl (C=O) groups is 3. The number of unbranched alkanes of at least 4 members (excludes halogenated alkanes) is 29. The zero-order valence-electron chi connectivity index (χ0n) is 40.9. The van der Waals surface area contributed by atoms with Gasteiger partial charge < -0.3 is 19.4 Å². The number of esters is 2. The molecule has 1 amide bonds. The van der Waals surface area contributed by atoms with Crippen LogP contribution >= 0.6 is 11.8 Å². The highest BCUT2D eigenvalue weighted by molar-refractivity contribution is 7.99. The van der Waals surface area contributed by atoms with E-state index in [1.165, 1.54) is 180 Å². The Bertz CT molecular complexity index is 1100. The van der Waals surface area contributed by atoms with Crippen LogP contribution in [0.2, 0.25) is 0 Å². The summed E-state index contributed by atoms with van der Waals surface area (Å²) in [5.74, 6) is -0.105. The molecular weight excluding hydrogens is 791 g/mol. The average molecular weight is 890 g/mol. The second kappa shape index (κ2) is 45.5. The van der Waals surface area contributed by atoms with Crippen LogP contribution in [0.15, 0.2) is 18.7 Å². The van der Waals surface area contributed by atoms with Crippen molar-refractivity contribution in [3.8, 4) is 0 Å². The van der Waals surface area contributed by atoms with E-state index in [2.05, 4.69) is 31.1 Å². The summed E-state index contributed by atoms with van der Waals surface area (Å²) in [6.07, 6.45) is 49.7. The first kappa shape index (κ1) is 58.0. The van der Waals surface area contributed by atoms with Crippen LogP contribution in [0.25, 0.3) is 0 Å². The Balaban J connectivity index is 2.34. The molecule has 0 aliphatic rings. The molecule has 1 unspecified atom stereocenters. The molecule has 0 saturated carbocycles. The molecule has 0 aliphatic heterocycles. The zero-order valence-corrected chi connectivity index (χ0v) is 41.7. The van der Waals surface area contributed by atoms with Crippen LogP contribution < -0.4 is 5.32 Å². The van der Waals surface area contributed by atoms with Gasteiger partial charge in [0.1, 0.15) is 6.10 Å². The van der Waals surface area contributed by atoms with E-state index >= 15 is 0 Å². The number of aryl methyl sites for hydroxylation is 1. The van der Waals surface area contributed by atoms with Crippen LogP contribution in [0.4, 0.5) is 0 Å². The predicted octanol–water partition coefficient (Wildman–Crippen LogP) is 15.3. The number of hydrogen-bond donors (Lipinski definition) is 1. The van der Waals surface area contributed by atoms with Gasteiger partial charge in [-0.1, -0.05) is 207 Å². The van der Waals surface area contributed by atoms with Crippen molar-refractivity contribution in [1.29, 1.82) is 0 Å². The molecule has 1 aromatic rings. The molecule has 62 heavy (non-hydrogen) atoms. The van der Waals surface area contributed by atoms with Gasteiger partial charge in [-0.05, 0) is 38.5 Å². The Hall–Kier alpha value is -2.03. The van der Waals surface area contributed by atoms with E-state index in [-0.39, 0.29) is 30.4 Å². The van der Waals surface area contributed by atoms with Crippen LogP contribution in [0, 0.1) is 5.92 Å². The van der Waals surface area contributed by atoms with E-state index in [4.69, 9.17) is 9.47 Å². The Morgan fingerprint density at radius 1 is 0.597 bits per heavy atom. The first-order valence-electron chi connectivity index (χ1n) is 26.7. The van der Waals surface area contributed by atoms with Gasteiger partial charge in [0.2, 0.25) is 5.91 Å². The number of aromatic nitrogens is 2. The molecule has 362 valence electrons. The standard InChI is InChI=1S/C53H99N3O5S/c1-4-7-10-13-16-17-18-19-20-21-22-23-24-25-26-27-28-29-32-35-44-60-52(58)39-45-62-47-49(46-51(57)55-40-36-42-56-43-41-54-48-56)53(59)61-50(37-33-30-14-11-8-5-2)38-34-31-15-12-9-6-3/h41,43,48-50H,4-40,42,44-47H2,1-3H3,(H,55,57). The molecule has 1 rings (SSSR count). The van der Waals surface area contributed by atoms with Gasteiger partial charge in [0.25, 0.3) is 0 Å². The molecule has 1 aromatic heterocycles. The van der Waals surface area contributed by atoms with Crippen molar-refractivity contribution in [3.63, 3.8) is 0 Å². The van der Waals surface area contributed by atoms with Crippen LogP contribution in [0.5, 0.6) is 0 Å². The fraction of sp³-hybridized carbons (Fsp3) is 0.887. The number of nitrogens with one attached hydrogen (secondary N) is 1. The molecule has 0 radical (unpaired) electrons. The maximum Gasteiger partial charge on any atom is 0.310 e. The molecule has 0 aromatic carbocycles. The lowest BCUT2D eigenvalue weighted by molar-refractivity contribution is -0.155. The lowest BCUT2D eigenvalue weighted by Gasteiger charge is -2.22. The van der Waals surface area contributed by atoms with Gasteiger partial charge in [-0.3, -0.25) is 14.4 Å². The highest BCUT2D eigenvalue weighted by atomic mass is 32.2. The van der Waals surface area contributed by atoms with Gasteiger partial charge in [-0.15, -0.1) is 0 Å². The lowest BCUT2D eigenvalue weighted by Crippen LogP contribution is -2.33.